The van der Waals surface area contributed by atoms with Gasteiger partial charge in [0.15, 0.2) is 0 Å². The fourth-order valence-corrected chi connectivity index (χ4v) is 6.54. The number of ether oxygens (including phenoxy) is 1. The van der Waals surface area contributed by atoms with E-state index in [2.05, 4.69) is 57.3 Å². The number of anilines is 2. The molecule has 0 spiro atoms. The average molecular weight is 503 g/mol. The highest BCUT2D eigenvalue weighted by Gasteiger charge is 2.30. The quantitative estimate of drug-likeness (QED) is 0.492. The third kappa shape index (κ3) is 4.76. The van der Waals surface area contributed by atoms with Crippen molar-refractivity contribution in [1.29, 1.82) is 0 Å². The molecule has 2 N–H and O–H groups in total. The van der Waals surface area contributed by atoms with Crippen LogP contribution in [-0.4, -0.2) is 45.5 Å². The van der Waals surface area contributed by atoms with Gasteiger partial charge in [-0.2, -0.15) is 0 Å². The van der Waals surface area contributed by atoms with Gasteiger partial charge in [0.1, 0.15) is 30.3 Å². The fraction of sp³-hybridized carbons (Fsp3) is 0.464. The van der Waals surface area contributed by atoms with Gasteiger partial charge in [0.2, 0.25) is 0 Å². The number of hydrogen-bond donors (Lipinski definition) is 1. The molecule has 1 fully saturated rings. The zero-order valence-corrected chi connectivity index (χ0v) is 22.0. The van der Waals surface area contributed by atoms with Crippen molar-refractivity contribution in [3.05, 3.63) is 53.6 Å². The Labute approximate surface area is 217 Å². The van der Waals surface area contributed by atoms with Crippen molar-refractivity contribution in [2.75, 3.05) is 36.9 Å². The van der Waals surface area contributed by atoms with Gasteiger partial charge < -0.3 is 15.4 Å². The Kier molecular flexibility index (Phi) is 6.25. The van der Waals surface area contributed by atoms with E-state index in [0.29, 0.717) is 12.4 Å². The molecule has 7 nitrogen and oxygen atoms in total. The normalized spacial score (nSPS) is 19.3. The summed E-state index contributed by atoms with van der Waals surface area (Å²) >= 11 is 1.73. The van der Waals surface area contributed by atoms with Crippen molar-refractivity contribution in [2.45, 2.75) is 57.4 Å². The van der Waals surface area contributed by atoms with Crippen LogP contribution in [-0.2, 0) is 19.4 Å². The maximum absolute atomic E-state index is 6.24. The number of nitrogens with two attached hydrogens (primary N) is 1. The van der Waals surface area contributed by atoms with Crippen LogP contribution in [0.5, 0.6) is 5.75 Å². The Hall–Kier alpha value is -2.84. The first-order valence-electron chi connectivity index (χ1n) is 13.0. The van der Waals surface area contributed by atoms with Crippen molar-refractivity contribution in [1.82, 2.24) is 19.3 Å². The van der Waals surface area contributed by atoms with Gasteiger partial charge in [-0.1, -0.05) is 19.9 Å². The highest BCUT2D eigenvalue weighted by molar-refractivity contribution is 7.97. The summed E-state index contributed by atoms with van der Waals surface area (Å²) in [4.78, 5) is 17.3. The lowest BCUT2D eigenvalue weighted by atomic mass is 9.76. The van der Waals surface area contributed by atoms with Gasteiger partial charge in [-0.05, 0) is 73.2 Å². The molecule has 3 aromatic rings. The van der Waals surface area contributed by atoms with E-state index in [-0.39, 0.29) is 5.41 Å². The molecule has 2 aromatic heterocycles. The maximum Gasteiger partial charge on any atom is 0.138 e. The second-order valence-electron chi connectivity index (χ2n) is 10.9. The minimum Gasteiger partial charge on any atom is -0.491 e. The topological polar surface area (TPSA) is 80.4 Å². The first-order valence-corrected chi connectivity index (χ1v) is 13.7. The Bertz CT molecular complexity index is 1270. The van der Waals surface area contributed by atoms with Crippen molar-refractivity contribution < 1.29 is 4.74 Å². The van der Waals surface area contributed by atoms with E-state index < -0.39 is 0 Å². The number of fused-ring (bicyclic) bond motifs is 2. The number of aryl methyl sites for hydroxylation is 1. The molecule has 0 atom stereocenters. The van der Waals surface area contributed by atoms with Crippen LogP contribution < -0.4 is 15.4 Å². The summed E-state index contributed by atoms with van der Waals surface area (Å²) in [5.74, 6) is 2.60. The second-order valence-corrected chi connectivity index (χ2v) is 12.0. The van der Waals surface area contributed by atoms with E-state index in [4.69, 9.17) is 15.5 Å². The van der Waals surface area contributed by atoms with Gasteiger partial charge in [-0.15, -0.1) is 0 Å². The molecule has 0 amide bonds. The molecule has 0 radical (unpaired) electrons. The summed E-state index contributed by atoms with van der Waals surface area (Å²) in [5.41, 5.74) is 12.4. The lowest BCUT2D eigenvalue weighted by Gasteiger charge is -2.33. The standard InChI is InChI=1S/C28H34N6OS/c1-28(2)8-7-23-22(15-28)27(32-18-31-23)33-11-12-35-24-6-5-19(13-21(24)17-33)20-14-25(26(29)30-16-20)36-34-9-3-4-10-34/h5-6,13-14,16,18H,3-4,7-12,15,17H2,1-2H3,(H2,29,30). The van der Waals surface area contributed by atoms with E-state index in [1.165, 1.54) is 30.5 Å². The molecule has 0 saturated carbocycles. The largest absolute Gasteiger partial charge is 0.491 e. The Morgan fingerprint density at radius 3 is 2.75 bits per heavy atom. The van der Waals surface area contributed by atoms with Crippen LogP contribution in [0.4, 0.5) is 11.6 Å². The van der Waals surface area contributed by atoms with Crippen LogP contribution in [0.3, 0.4) is 0 Å². The van der Waals surface area contributed by atoms with E-state index >= 15 is 0 Å². The molecule has 8 heteroatoms. The number of nitrogens with zero attached hydrogens (tertiary/aromatic N) is 5. The number of benzene rings is 1. The van der Waals surface area contributed by atoms with E-state index in [9.17, 15) is 0 Å². The Balaban J connectivity index is 1.30. The van der Waals surface area contributed by atoms with Crippen molar-refractivity contribution in [3.63, 3.8) is 0 Å². The molecule has 1 saturated heterocycles. The summed E-state index contributed by atoms with van der Waals surface area (Å²) in [5, 5.41) is 0. The molecule has 1 aromatic carbocycles. The molecule has 4 heterocycles. The molecule has 2 aliphatic heterocycles. The molecular weight excluding hydrogens is 468 g/mol. The molecule has 1 aliphatic carbocycles. The van der Waals surface area contributed by atoms with Gasteiger partial charge >= 0.3 is 0 Å². The van der Waals surface area contributed by atoms with Crippen LogP contribution in [0.2, 0.25) is 0 Å². The molecular formula is C28H34N6OS. The van der Waals surface area contributed by atoms with Crippen LogP contribution in [0.25, 0.3) is 11.1 Å². The maximum atomic E-state index is 6.24. The van der Waals surface area contributed by atoms with Gasteiger partial charge in [0, 0.05) is 48.2 Å². The number of nitrogen functional groups attached to an aromatic ring is 1. The SMILES string of the molecule is CC1(C)CCc2ncnc(N3CCOc4ccc(-c5cnc(N)c(SN6CCCC6)c5)cc4C3)c2C1. The van der Waals surface area contributed by atoms with Crippen LogP contribution in [0, 0.1) is 5.41 Å². The monoisotopic (exact) mass is 502 g/mol. The Morgan fingerprint density at radius 2 is 1.89 bits per heavy atom. The average Bonchev–Trinajstić information content (AvgIpc) is 3.28. The molecule has 0 unspecified atom stereocenters. The molecule has 6 rings (SSSR count). The number of aromatic nitrogens is 3. The van der Waals surface area contributed by atoms with Crippen molar-refractivity contribution >= 4 is 23.6 Å². The molecule has 0 bridgehead atoms. The first kappa shape index (κ1) is 23.6. The predicted octanol–water partition coefficient (Wildman–Crippen LogP) is 5.14. The zero-order valence-electron chi connectivity index (χ0n) is 21.2. The Morgan fingerprint density at radius 1 is 1.03 bits per heavy atom. The van der Waals surface area contributed by atoms with Crippen LogP contribution in [0.1, 0.15) is 49.9 Å². The van der Waals surface area contributed by atoms with Gasteiger partial charge in [0.05, 0.1) is 11.4 Å². The van der Waals surface area contributed by atoms with E-state index in [0.717, 1.165) is 72.2 Å². The summed E-state index contributed by atoms with van der Waals surface area (Å²) in [6.07, 6.45) is 9.29. The van der Waals surface area contributed by atoms with Gasteiger partial charge in [-0.25, -0.2) is 19.3 Å². The minimum atomic E-state index is 0.271. The minimum absolute atomic E-state index is 0.271. The fourth-order valence-electron chi connectivity index (χ4n) is 5.49. The number of pyridine rings is 1. The lowest BCUT2D eigenvalue weighted by molar-refractivity contribution is 0.310. The molecule has 36 heavy (non-hydrogen) atoms. The predicted molar refractivity (Wildman–Crippen MR) is 145 cm³/mol. The van der Waals surface area contributed by atoms with Crippen LogP contribution >= 0.6 is 11.9 Å². The van der Waals surface area contributed by atoms with Gasteiger partial charge in [-0.3, -0.25) is 0 Å². The summed E-state index contributed by atoms with van der Waals surface area (Å²) in [7, 11) is 0. The van der Waals surface area contributed by atoms with Crippen LogP contribution in [0.15, 0.2) is 41.7 Å². The third-order valence-electron chi connectivity index (χ3n) is 7.55. The summed E-state index contributed by atoms with van der Waals surface area (Å²) < 4.78 is 8.55. The van der Waals surface area contributed by atoms with E-state index in [1.54, 1.807) is 18.3 Å². The van der Waals surface area contributed by atoms with Crippen molar-refractivity contribution in [3.8, 4) is 16.9 Å². The summed E-state index contributed by atoms with van der Waals surface area (Å²) in [6.45, 7) is 9.08. The third-order valence-corrected chi connectivity index (χ3v) is 8.70. The highest BCUT2D eigenvalue weighted by atomic mass is 32.2. The first-order chi connectivity index (χ1) is 17.4. The molecule has 188 valence electrons. The van der Waals surface area contributed by atoms with Gasteiger partial charge in [0.25, 0.3) is 0 Å². The number of hydrogen-bond acceptors (Lipinski definition) is 8. The highest BCUT2D eigenvalue weighted by Crippen LogP contribution is 2.39. The lowest BCUT2D eigenvalue weighted by Crippen LogP contribution is -2.31. The van der Waals surface area contributed by atoms with E-state index in [1.807, 2.05) is 6.20 Å². The smallest absolute Gasteiger partial charge is 0.138 e. The molecule has 3 aliphatic rings. The van der Waals surface area contributed by atoms with Crippen molar-refractivity contribution in [2.24, 2.45) is 5.41 Å². The zero-order chi connectivity index (χ0) is 24.7. The second kappa shape index (κ2) is 9.56. The summed E-state index contributed by atoms with van der Waals surface area (Å²) in [6, 6.07) is 8.63. The number of rotatable bonds is 4.